The summed E-state index contributed by atoms with van der Waals surface area (Å²) in [4.78, 5) is 76.9. The zero-order valence-electron chi connectivity index (χ0n) is 19.9. The molecule has 4 rings (SSSR count). The minimum atomic E-state index is -0.391. The summed E-state index contributed by atoms with van der Waals surface area (Å²) in [6.45, 7) is 2.81. The molecule has 8 nitrogen and oxygen atoms in total. The molecule has 0 saturated heterocycles. The predicted octanol–water partition coefficient (Wildman–Crippen LogP) is 3.58. The highest BCUT2D eigenvalue weighted by Crippen LogP contribution is 2.33. The molecule has 2 aromatic rings. The maximum atomic E-state index is 13.2. The van der Waals surface area contributed by atoms with E-state index in [1.54, 1.807) is 18.0 Å². The summed E-state index contributed by atoms with van der Waals surface area (Å²) in [6, 6.07) is 8.58. The van der Waals surface area contributed by atoms with Gasteiger partial charge in [-0.2, -0.15) is 0 Å². The van der Waals surface area contributed by atoms with Crippen LogP contribution in [0.5, 0.6) is 0 Å². The largest absolute Gasteiger partial charge is 0.339 e. The van der Waals surface area contributed by atoms with E-state index in [-0.39, 0.29) is 52.2 Å². The number of amides is 3. The Morgan fingerprint density at radius 1 is 0.857 bits per heavy atom. The van der Waals surface area contributed by atoms with Crippen LogP contribution in [0.2, 0.25) is 0 Å². The Morgan fingerprint density at radius 3 is 2.03 bits per heavy atom. The van der Waals surface area contributed by atoms with Gasteiger partial charge < -0.3 is 4.90 Å². The number of aldehydes is 1. The average Bonchev–Trinajstić information content (AvgIpc) is 3.11. The normalized spacial score (nSPS) is 19.3. The van der Waals surface area contributed by atoms with Crippen molar-refractivity contribution in [2.45, 2.75) is 51.6 Å². The molecule has 2 aromatic carbocycles. The standard InChI is InChI=1S/C27H26N2O6/c1-15(31)17-4-5-19(14-30)23(12-17)25(33)28(3)20-7-9-21(10-8-20)29-26(34)22-11-6-18(16(2)32)13-24(22)27(29)35/h4-6,11-14,20-21H,7-10H2,1-3H3. The van der Waals surface area contributed by atoms with E-state index in [0.29, 0.717) is 48.7 Å². The molecule has 1 heterocycles. The van der Waals surface area contributed by atoms with Crippen LogP contribution in [0, 0.1) is 0 Å². The van der Waals surface area contributed by atoms with Crippen LogP contribution in [0.1, 0.15) is 102 Å². The smallest absolute Gasteiger partial charge is 0.261 e. The van der Waals surface area contributed by atoms with E-state index in [1.807, 2.05) is 0 Å². The fraction of sp³-hybridized carbons (Fsp3) is 0.333. The lowest BCUT2D eigenvalue weighted by molar-refractivity contribution is 0.0476. The van der Waals surface area contributed by atoms with Crippen molar-refractivity contribution in [3.05, 3.63) is 69.8 Å². The molecule has 2 aliphatic rings. The van der Waals surface area contributed by atoms with E-state index in [1.165, 1.54) is 49.1 Å². The molecule has 0 atom stereocenters. The molecule has 35 heavy (non-hydrogen) atoms. The number of rotatable bonds is 6. The minimum absolute atomic E-state index is 0.140. The summed E-state index contributed by atoms with van der Waals surface area (Å²) in [5.74, 6) is -1.47. The summed E-state index contributed by atoms with van der Waals surface area (Å²) < 4.78 is 0. The van der Waals surface area contributed by atoms with Gasteiger partial charge in [0.25, 0.3) is 17.7 Å². The Labute approximate surface area is 202 Å². The van der Waals surface area contributed by atoms with Gasteiger partial charge in [0.05, 0.1) is 16.7 Å². The molecule has 0 unspecified atom stereocenters. The Bertz CT molecular complexity index is 1270. The van der Waals surface area contributed by atoms with Crippen molar-refractivity contribution >= 4 is 35.6 Å². The van der Waals surface area contributed by atoms with Crippen LogP contribution in [0.4, 0.5) is 0 Å². The second-order valence-electron chi connectivity index (χ2n) is 9.15. The van der Waals surface area contributed by atoms with Crippen LogP contribution in [0.3, 0.4) is 0 Å². The summed E-state index contributed by atoms with van der Waals surface area (Å²) in [5.41, 5.74) is 1.70. The van der Waals surface area contributed by atoms with Crippen LogP contribution in [0.25, 0.3) is 0 Å². The quantitative estimate of drug-likeness (QED) is 0.360. The monoisotopic (exact) mass is 474 g/mol. The molecular weight excluding hydrogens is 448 g/mol. The lowest BCUT2D eigenvalue weighted by Crippen LogP contribution is -2.46. The molecule has 3 amide bonds. The number of benzene rings is 2. The molecule has 180 valence electrons. The highest BCUT2D eigenvalue weighted by molar-refractivity contribution is 6.22. The third-order valence-corrected chi connectivity index (χ3v) is 7.04. The fourth-order valence-electron chi connectivity index (χ4n) is 4.93. The Hall–Kier alpha value is -3.94. The van der Waals surface area contributed by atoms with Crippen LogP contribution < -0.4 is 0 Å². The van der Waals surface area contributed by atoms with Gasteiger partial charge in [0.2, 0.25) is 0 Å². The van der Waals surface area contributed by atoms with Gasteiger partial charge in [0.1, 0.15) is 0 Å². The first-order valence-electron chi connectivity index (χ1n) is 11.5. The Kier molecular flexibility index (Phi) is 6.47. The van der Waals surface area contributed by atoms with E-state index in [4.69, 9.17) is 0 Å². The molecule has 0 N–H and O–H groups in total. The number of imide groups is 1. The fourth-order valence-corrected chi connectivity index (χ4v) is 4.93. The number of Topliss-reactive ketones (excluding diaryl/α,β-unsaturated/α-hetero) is 2. The van der Waals surface area contributed by atoms with Crippen molar-refractivity contribution in [3.8, 4) is 0 Å². The lowest BCUT2D eigenvalue weighted by atomic mass is 9.89. The highest BCUT2D eigenvalue weighted by atomic mass is 16.2. The van der Waals surface area contributed by atoms with Crippen molar-refractivity contribution < 1.29 is 28.8 Å². The van der Waals surface area contributed by atoms with Gasteiger partial charge in [0, 0.05) is 35.8 Å². The van der Waals surface area contributed by atoms with Crippen molar-refractivity contribution in [2.75, 3.05) is 7.05 Å². The lowest BCUT2D eigenvalue weighted by Gasteiger charge is -2.37. The molecule has 0 bridgehead atoms. The first-order valence-corrected chi connectivity index (χ1v) is 11.5. The van der Waals surface area contributed by atoms with Gasteiger partial charge in [0.15, 0.2) is 17.9 Å². The maximum Gasteiger partial charge on any atom is 0.261 e. The van der Waals surface area contributed by atoms with Crippen LogP contribution >= 0.6 is 0 Å². The molecule has 0 spiro atoms. The molecule has 0 aromatic heterocycles. The maximum absolute atomic E-state index is 13.2. The SMILES string of the molecule is CC(=O)c1ccc(C=O)c(C(=O)N(C)C2CCC(N3C(=O)c4ccc(C(C)=O)cc4C3=O)CC2)c1. The van der Waals surface area contributed by atoms with Gasteiger partial charge in [-0.05, 0) is 57.7 Å². The van der Waals surface area contributed by atoms with E-state index in [0.717, 1.165) is 0 Å². The van der Waals surface area contributed by atoms with Crippen molar-refractivity contribution in [2.24, 2.45) is 0 Å². The number of ketones is 2. The van der Waals surface area contributed by atoms with Gasteiger partial charge in [-0.15, -0.1) is 0 Å². The number of nitrogens with zero attached hydrogens (tertiary/aromatic N) is 2. The molecule has 1 aliphatic heterocycles. The summed E-state index contributed by atoms with van der Waals surface area (Å²) >= 11 is 0. The zero-order chi connectivity index (χ0) is 25.4. The first-order chi connectivity index (χ1) is 16.6. The second-order valence-corrected chi connectivity index (χ2v) is 9.15. The molecular formula is C27H26N2O6. The highest BCUT2D eigenvalue weighted by Gasteiger charge is 2.42. The number of carbonyl (C=O) groups excluding carboxylic acids is 6. The number of hydrogen-bond acceptors (Lipinski definition) is 6. The topological polar surface area (TPSA) is 109 Å². The Morgan fingerprint density at radius 2 is 1.43 bits per heavy atom. The molecule has 8 heteroatoms. The van der Waals surface area contributed by atoms with Crippen LogP contribution in [-0.2, 0) is 0 Å². The number of hydrogen-bond donors (Lipinski definition) is 0. The number of carbonyl (C=O) groups is 6. The summed E-state index contributed by atoms with van der Waals surface area (Å²) in [5, 5.41) is 0. The molecule has 0 radical (unpaired) electrons. The Balaban J connectivity index is 1.47. The van der Waals surface area contributed by atoms with Crippen LogP contribution in [0.15, 0.2) is 36.4 Å². The number of fused-ring (bicyclic) bond motifs is 1. The molecule has 1 aliphatic carbocycles. The minimum Gasteiger partial charge on any atom is -0.339 e. The van der Waals surface area contributed by atoms with E-state index in [2.05, 4.69) is 0 Å². The molecule has 1 fully saturated rings. The van der Waals surface area contributed by atoms with Gasteiger partial charge in [-0.1, -0.05) is 18.2 Å². The van der Waals surface area contributed by atoms with Gasteiger partial charge in [-0.3, -0.25) is 33.7 Å². The van der Waals surface area contributed by atoms with E-state index >= 15 is 0 Å². The van der Waals surface area contributed by atoms with Gasteiger partial charge >= 0.3 is 0 Å². The second kappa shape index (κ2) is 9.37. The third-order valence-electron chi connectivity index (χ3n) is 7.04. The first kappa shape index (κ1) is 24.2. The zero-order valence-corrected chi connectivity index (χ0v) is 19.9. The third kappa shape index (κ3) is 4.32. The van der Waals surface area contributed by atoms with E-state index in [9.17, 15) is 28.8 Å². The van der Waals surface area contributed by atoms with Crippen molar-refractivity contribution in [3.63, 3.8) is 0 Å². The van der Waals surface area contributed by atoms with E-state index < -0.39 is 5.91 Å². The average molecular weight is 475 g/mol. The summed E-state index contributed by atoms with van der Waals surface area (Å²) in [7, 11) is 1.66. The van der Waals surface area contributed by atoms with Crippen LogP contribution in [-0.4, -0.2) is 64.5 Å². The van der Waals surface area contributed by atoms with Gasteiger partial charge in [-0.25, -0.2) is 0 Å². The predicted molar refractivity (Wildman–Crippen MR) is 127 cm³/mol. The van der Waals surface area contributed by atoms with Crippen molar-refractivity contribution in [1.29, 1.82) is 0 Å². The summed E-state index contributed by atoms with van der Waals surface area (Å²) in [6.07, 6.45) is 2.80. The molecule has 1 saturated carbocycles. The van der Waals surface area contributed by atoms with Crippen molar-refractivity contribution in [1.82, 2.24) is 9.80 Å².